The van der Waals surface area contributed by atoms with E-state index in [1.807, 2.05) is 19.1 Å². The zero-order chi connectivity index (χ0) is 16.7. The summed E-state index contributed by atoms with van der Waals surface area (Å²) in [6.45, 7) is 2.83. The van der Waals surface area contributed by atoms with Gasteiger partial charge in [-0.2, -0.15) is 0 Å². The van der Waals surface area contributed by atoms with Gasteiger partial charge in [-0.05, 0) is 56.2 Å². The van der Waals surface area contributed by atoms with E-state index in [1.165, 1.54) is 12.1 Å². The van der Waals surface area contributed by atoms with Crippen LogP contribution in [0.25, 0.3) is 0 Å². The third kappa shape index (κ3) is 2.97. The van der Waals surface area contributed by atoms with Crippen LogP contribution in [0.4, 0.5) is 4.39 Å². The first kappa shape index (κ1) is 15.8. The van der Waals surface area contributed by atoms with Gasteiger partial charge in [-0.25, -0.2) is 9.37 Å². The fraction of sp³-hybridized carbons (Fsp3) is 0.474. The Bertz CT molecular complexity index is 742. The zero-order valence-corrected chi connectivity index (χ0v) is 14.6. The number of carbonyl (C=O) groups excluding carboxylic acids is 1. The second-order valence-corrected chi connectivity index (χ2v) is 7.76. The molecule has 1 saturated heterocycles. The molecule has 1 amide bonds. The van der Waals surface area contributed by atoms with Crippen LogP contribution in [0.3, 0.4) is 0 Å². The third-order valence-corrected chi connectivity index (χ3v) is 6.18. The number of hydrogen-bond donors (Lipinski definition) is 0. The van der Waals surface area contributed by atoms with Gasteiger partial charge in [0.05, 0.1) is 6.04 Å². The van der Waals surface area contributed by atoms with Gasteiger partial charge in [-0.1, -0.05) is 12.1 Å². The van der Waals surface area contributed by atoms with Crippen LogP contribution in [0.5, 0.6) is 0 Å². The van der Waals surface area contributed by atoms with Crippen LogP contribution in [-0.2, 0) is 4.79 Å². The number of rotatable bonds is 3. The van der Waals surface area contributed by atoms with Crippen LogP contribution < -0.4 is 0 Å². The largest absolute Gasteiger partial charge is 0.333 e. The van der Waals surface area contributed by atoms with E-state index in [0.717, 1.165) is 48.5 Å². The van der Waals surface area contributed by atoms with Crippen molar-refractivity contribution < 1.29 is 9.18 Å². The number of nitrogens with zero attached hydrogens (tertiary/aromatic N) is 2. The molecule has 0 radical (unpaired) electrons. The van der Waals surface area contributed by atoms with E-state index >= 15 is 0 Å². The molecule has 3 atom stereocenters. The quantitative estimate of drug-likeness (QED) is 0.824. The summed E-state index contributed by atoms with van der Waals surface area (Å²) in [4.78, 5) is 19.7. The van der Waals surface area contributed by atoms with E-state index in [9.17, 15) is 9.18 Å². The standard InChI is InChI=1S/C19H21FN2OS/c1-12-11-24-18(21-12)17-4-2-3-9-22(17)19(23)16-10-15(16)13-5-7-14(20)8-6-13/h5-8,11,15-17H,2-4,9-10H2,1H3/t15-,16-,17+/m1/s1. The number of thiazole rings is 1. The highest BCUT2D eigenvalue weighted by molar-refractivity contribution is 7.09. The molecule has 2 aliphatic rings. The third-order valence-electron chi connectivity index (χ3n) is 5.11. The Morgan fingerprint density at radius 2 is 2.08 bits per heavy atom. The van der Waals surface area contributed by atoms with E-state index < -0.39 is 0 Å². The molecule has 4 rings (SSSR count). The molecule has 1 aromatic heterocycles. The minimum atomic E-state index is -0.225. The van der Waals surface area contributed by atoms with Crippen molar-refractivity contribution in [2.45, 2.75) is 44.6 Å². The van der Waals surface area contributed by atoms with Gasteiger partial charge in [0.15, 0.2) is 0 Å². The average Bonchev–Trinajstić information content (AvgIpc) is 3.28. The molecule has 0 spiro atoms. The van der Waals surface area contributed by atoms with Crippen molar-refractivity contribution in [1.82, 2.24) is 9.88 Å². The number of benzene rings is 1. The highest BCUT2D eigenvalue weighted by Crippen LogP contribution is 2.50. The first-order chi connectivity index (χ1) is 11.6. The second-order valence-electron chi connectivity index (χ2n) is 6.87. The number of aryl methyl sites for hydroxylation is 1. The number of piperidine rings is 1. The molecule has 2 heterocycles. The Balaban J connectivity index is 1.49. The highest BCUT2D eigenvalue weighted by Gasteiger charge is 2.47. The second kappa shape index (κ2) is 6.28. The minimum Gasteiger partial charge on any atom is -0.333 e. The van der Waals surface area contributed by atoms with Crippen molar-refractivity contribution in [3.05, 3.63) is 51.7 Å². The van der Waals surface area contributed by atoms with Crippen LogP contribution in [0.1, 0.15) is 53.9 Å². The maximum Gasteiger partial charge on any atom is 0.226 e. The predicted molar refractivity (Wildman–Crippen MR) is 92.4 cm³/mol. The maximum atomic E-state index is 13.1. The van der Waals surface area contributed by atoms with Gasteiger partial charge in [-0.15, -0.1) is 11.3 Å². The molecule has 1 saturated carbocycles. The molecular weight excluding hydrogens is 323 g/mol. The van der Waals surface area contributed by atoms with Gasteiger partial charge in [0.25, 0.3) is 0 Å². The molecule has 126 valence electrons. The van der Waals surface area contributed by atoms with Gasteiger partial charge >= 0.3 is 0 Å². The summed E-state index contributed by atoms with van der Waals surface area (Å²) in [5, 5.41) is 3.13. The monoisotopic (exact) mass is 344 g/mol. The normalized spacial score (nSPS) is 26.4. The smallest absolute Gasteiger partial charge is 0.226 e. The van der Waals surface area contributed by atoms with Crippen LogP contribution >= 0.6 is 11.3 Å². The lowest BCUT2D eigenvalue weighted by Gasteiger charge is -2.35. The Kier molecular flexibility index (Phi) is 4.12. The molecule has 24 heavy (non-hydrogen) atoms. The van der Waals surface area contributed by atoms with Gasteiger partial charge in [0.1, 0.15) is 10.8 Å². The number of carbonyl (C=O) groups is 1. The maximum absolute atomic E-state index is 13.1. The summed E-state index contributed by atoms with van der Waals surface area (Å²) in [5.74, 6) is 0.329. The van der Waals surface area contributed by atoms with E-state index in [2.05, 4.69) is 15.3 Å². The van der Waals surface area contributed by atoms with Crippen molar-refractivity contribution in [3.8, 4) is 0 Å². The Morgan fingerprint density at radius 3 is 2.79 bits per heavy atom. The molecule has 1 aliphatic heterocycles. The number of hydrogen-bond acceptors (Lipinski definition) is 3. The van der Waals surface area contributed by atoms with Crippen LogP contribution in [0, 0.1) is 18.7 Å². The summed E-state index contributed by atoms with van der Waals surface area (Å²) in [7, 11) is 0. The average molecular weight is 344 g/mol. The molecule has 1 aliphatic carbocycles. The van der Waals surface area contributed by atoms with Gasteiger partial charge in [0, 0.05) is 23.5 Å². The summed E-state index contributed by atoms with van der Waals surface area (Å²) < 4.78 is 13.1. The number of aromatic nitrogens is 1. The molecular formula is C19H21FN2OS. The van der Waals surface area contributed by atoms with Gasteiger partial charge in [0.2, 0.25) is 5.91 Å². The molecule has 0 bridgehead atoms. The Morgan fingerprint density at radius 1 is 1.29 bits per heavy atom. The lowest BCUT2D eigenvalue weighted by Crippen LogP contribution is -2.39. The SMILES string of the molecule is Cc1csc([C@@H]2CCCCN2C(=O)[C@@H]2C[C@@H]2c2ccc(F)cc2)n1. The van der Waals surface area contributed by atoms with Crippen molar-refractivity contribution in [3.63, 3.8) is 0 Å². The molecule has 1 aromatic carbocycles. The van der Waals surface area contributed by atoms with E-state index in [1.54, 1.807) is 11.3 Å². The van der Waals surface area contributed by atoms with Crippen LogP contribution in [0.2, 0.25) is 0 Å². The Labute approximate surface area is 145 Å². The van der Waals surface area contributed by atoms with Gasteiger partial charge < -0.3 is 4.90 Å². The van der Waals surface area contributed by atoms with Crippen molar-refractivity contribution in [1.29, 1.82) is 0 Å². The van der Waals surface area contributed by atoms with Crippen molar-refractivity contribution in [2.75, 3.05) is 6.54 Å². The van der Waals surface area contributed by atoms with E-state index in [-0.39, 0.29) is 29.6 Å². The molecule has 0 N–H and O–H groups in total. The summed E-state index contributed by atoms with van der Waals surface area (Å²) in [6.07, 6.45) is 4.11. The Hall–Kier alpha value is -1.75. The van der Waals surface area contributed by atoms with Gasteiger partial charge in [-0.3, -0.25) is 4.79 Å². The van der Waals surface area contributed by atoms with Crippen LogP contribution in [-0.4, -0.2) is 22.3 Å². The molecule has 5 heteroatoms. The van der Waals surface area contributed by atoms with Crippen LogP contribution in [0.15, 0.2) is 29.6 Å². The highest BCUT2D eigenvalue weighted by atomic mass is 32.1. The summed E-state index contributed by atoms with van der Waals surface area (Å²) in [5.41, 5.74) is 2.11. The first-order valence-corrected chi connectivity index (χ1v) is 9.49. The van der Waals surface area contributed by atoms with Crippen molar-refractivity contribution >= 4 is 17.2 Å². The topological polar surface area (TPSA) is 33.2 Å². The summed E-state index contributed by atoms with van der Waals surface area (Å²) in [6, 6.07) is 6.73. The fourth-order valence-electron chi connectivity index (χ4n) is 3.74. The number of likely N-dealkylation sites (tertiary alicyclic amines) is 1. The fourth-order valence-corrected chi connectivity index (χ4v) is 4.68. The van der Waals surface area contributed by atoms with E-state index in [0.29, 0.717) is 0 Å². The molecule has 2 aromatic rings. The molecule has 0 unspecified atom stereocenters. The predicted octanol–water partition coefficient (Wildman–Crippen LogP) is 4.45. The molecule has 3 nitrogen and oxygen atoms in total. The minimum absolute atomic E-state index is 0.0529. The zero-order valence-electron chi connectivity index (χ0n) is 13.7. The van der Waals surface area contributed by atoms with Crippen molar-refractivity contribution in [2.24, 2.45) is 5.92 Å². The summed E-state index contributed by atoms with van der Waals surface area (Å²) >= 11 is 1.66. The number of halogens is 1. The lowest BCUT2D eigenvalue weighted by atomic mass is 10.0. The number of amides is 1. The molecule has 2 fully saturated rings. The first-order valence-electron chi connectivity index (χ1n) is 8.61. The van der Waals surface area contributed by atoms with E-state index in [4.69, 9.17) is 0 Å². The lowest BCUT2D eigenvalue weighted by molar-refractivity contribution is -0.136.